The summed E-state index contributed by atoms with van der Waals surface area (Å²) in [5, 5.41) is 13.1. The molecule has 1 aromatic heterocycles. The fourth-order valence-corrected chi connectivity index (χ4v) is 3.61. The third-order valence-electron chi connectivity index (χ3n) is 3.92. The first kappa shape index (κ1) is 15.4. The molecule has 0 amide bonds. The van der Waals surface area contributed by atoms with E-state index in [0.29, 0.717) is 12.5 Å². The zero-order valence-electron chi connectivity index (χ0n) is 12.1. The third kappa shape index (κ3) is 3.58. The fraction of sp³-hybridized carbons (Fsp3) is 0.846. The van der Waals surface area contributed by atoms with E-state index in [0.717, 1.165) is 25.1 Å². The van der Waals surface area contributed by atoms with Gasteiger partial charge in [-0.15, -0.1) is 10.2 Å². The van der Waals surface area contributed by atoms with Crippen LogP contribution in [0.4, 0.5) is 0 Å². The van der Waals surface area contributed by atoms with E-state index in [-0.39, 0.29) is 5.16 Å². The lowest BCUT2D eigenvalue weighted by Crippen LogP contribution is -2.20. The number of nitrogens with zero attached hydrogens (tertiary/aromatic N) is 3. The largest absolute Gasteiger partial charge is 0.301 e. The lowest BCUT2D eigenvalue weighted by atomic mass is 9.90. The second kappa shape index (κ2) is 6.67. The maximum absolute atomic E-state index is 11.6. The molecule has 2 rings (SSSR count). The summed E-state index contributed by atoms with van der Waals surface area (Å²) in [7, 11) is -3.80. The zero-order valence-corrected chi connectivity index (χ0v) is 12.9. The molecule has 1 saturated carbocycles. The molecule has 6 nitrogen and oxygen atoms in total. The molecule has 2 N–H and O–H groups in total. The maximum atomic E-state index is 11.6. The minimum Gasteiger partial charge on any atom is -0.301 e. The Morgan fingerprint density at radius 3 is 2.30 bits per heavy atom. The van der Waals surface area contributed by atoms with Crippen LogP contribution in [-0.4, -0.2) is 23.2 Å². The molecule has 114 valence electrons. The van der Waals surface area contributed by atoms with Crippen molar-refractivity contribution in [1.29, 1.82) is 0 Å². The summed E-state index contributed by atoms with van der Waals surface area (Å²) >= 11 is 0. The van der Waals surface area contributed by atoms with Crippen LogP contribution < -0.4 is 5.14 Å². The Hall–Kier alpha value is -0.950. The van der Waals surface area contributed by atoms with E-state index in [9.17, 15) is 8.42 Å². The molecule has 0 bridgehead atoms. The van der Waals surface area contributed by atoms with Gasteiger partial charge in [0.25, 0.3) is 15.2 Å². The van der Waals surface area contributed by atoms with Crippen LogP contribution in [0.3, 0.4) is 0 Å². The molecule has 1 aliphatic carbocycles. The van der Waals surface area contributed by atoms with Gasteiger partial charge >= 0.3 is 0 Å². The highest BCUT2D eigenvalue weighted by atomic mass is 32.2. The van der Waals surface area contributed by atoms with Crippen molar-refractivity contribution in [3.63, 3.8) is 0 Å². The van der Waals surface area contributed by atoms with Gasteiger partial charge in [-0.2, -0.15) is 0 Å². The first-order valence-electron chi connectivity index (χ1n) is 7.50. The molecule has 0 aliphatic heterocycles. The van der Waals surface area contributed by atoms with Crippen molar-refractivity contribution in [1.82, 2.24) is 14.8 Å². The van der Waals surface area contributed by atoms with Gasteiger partial charge in [0.2, 0.25) is 0 Å². The highest BCUT2D eigenvalue weighted by Crippen LogP contribution is 2.30. The quantitative estimate of drug-likeness (QED) is 0.922. The maximum Gasteiger partial charge on any atom is 0.273 e. The summed E-state index contributed by atoms with van der Waals surface area (Å²) in [6.07, 6.45) is 9.11. The van der Waals surface area contributed by atoms with Gasteiger partial charge in [-0.25, -0.2) is 13.6 Å². The summed E-state index contributed by atoms with van der Waals surface area (Å²) in [5.41, 5.74) is 0. The summed E-state index contributed by atoms with van der Waals surface area (Å²) in [6, 6.07) is 0. The van der Waals surface area contributed by atoms with Crippen molar-refractivity contribution < 1.29 is 8.42 Å². The average molecular weight is 300 g/mol. The van der Waals surface area contributed by atoms with Gasteiger partial charge in [-0.3, -0.25) is 0 Å². The Bertz CT molecular complexity index is 531. The van der Waals surface area contributed by atoms with Crippen molar-refractivity contribution in [2.45, 2.75) is 75.9 Å². The normalized spacial score (nSPS) is 18.7. The van der Waals surface area contributed by atoms with Crippen LogP contribution in [0.25, 0.3) is 0 Å². The molecule has 1 heterocycles. The molecule has 0 radical (unpaired) electrons. The van der Waals surface area contributed by atoms with Crippen LogP contribution in [0.5, 0.6) is 0 Å². The summed E-state index contributed by atoms with van der Waals surface area (Å²) in [5.74, 6) is 1.11. The van der Waals surface area contributed by atoms with Crippen LogP contribution in [0.15, 0.2) is 5.16 Å². The number of hydrogen-bond donors (Lipinski definition) is 1. The number of primary sulfonamides is 1. The molecule has 0 unspecified atom stereocenters. The molecule has 0 spiro atoms. The van der Waals surface area contributed by atoms with Gasteiger partial charge in [0.15, 0.2) is 0 Å². The predicted molar refractivity (Wildman–Crippen MR) is 76.7 cm³/mol. The first-order chi connectivity index (χ1) is 9.54. The molecule has 0 aromatic carbocycles. The Kier molecular flexibility index (Phi) is 5.15. The minimum absolute atomic E-state index is 0.0867. The van der Waals surface area contributed by atoms with E-state index in [1.54, 1.807) is 4.57 Å². The van der Waals surface area contributed by atoms with E-state index in [1.165, 1.54) is 32.1 Å². The SMILES string of the molecule is CCCn1c(C2CCCCCCC2)nnc1S(N)(=O)=O. The Morgan fingerprint density at radius 1 is 1.15 bits per heavy atom. The van der Waals surface area contributed by atoms with Gasteiger partial charge in [0.1, 0.15) is 5.82 Å². The summed E-state index contributed by atoms with van der Waals surface area (Å²) < 4.78 is 24.9. The van der Waals surface area contributed by atoms with Crippen LogP contribution in [-0.2, 0) is 16.6 Å². The van der Waals surface area contributed by atoms with Crippen molar-refractivity contribution in [3.05, 3.63) is 5.82 Å². The fourth-order valence-electron chi connectivity index (χ4n) is 2.96. The van der Waals surface area contributed by atoms with E-state index < -0.39 is 10.0 Å². The van der Waals surface area contributed by atoms with Gasteiger partial charge in [0.05, 0.1) is 0 Å². The van der Waals surface area contributed by atoms with Crippen molar-refractivity contribution in [3.8, 4) is 0 Å². The molecule has 0 atom stereocenters. The van der Waals surface area contributed by atoms with Crippen LogP contribution in [0.2, 0.25) is 0 Å². The van der Waals surface area contributed by atoms with Crippen molar-refractivity contribution in [2.75, 3.05) is 0 Å². The van der Waals surface area contributed by atoms with Crippen LogP contribution >= 0.6 is 0 Å². The monoisotopic (exact) mass is 300 g/mol. The van der Waals surface area contributed by atoms with Crippen molar-refractivity contribution >= 4 is 10.0 Å². The molecule has 0 saturated heterocycles. The van der Waals surface area contributed by atoms with Crippen LogP contribution in [0.1, 0.15) is 70.0 Å². The van der Waals surface area contributed by atoms with E-state index in [1.807, 2.05) is 6.92 Å². The Labute approximate surface area is 120 Å². The number of hydrogen-bond acceptors (Lipinski definition) is 4. The number of nitrogens with two attached hydrogens (primary N) is 1. The van der Waals surface area contributed by atoms with Gasteiger partial charge in [-0.05, 0) is 19.3 Å². The topological polar surface area (TPSA) is 90.9 Å². The Morgan fingerprint density at radius 2 is 1.75 bits per heavy atom. The number of sulfonamides is 1. The second-order valence-corrected chi connectivity index (χ2v) is 7.03. The minimum atomic E-state index is -3.80. The van der Waals surface area contributed by atoms with Crippen LogP contribution in [0, 0.1) is 0 Å². The average Bonchev–Trinajstić information content (AvgIpc) is 2.73. The summed E-state index contributed by atoms with van der Waals surface area (Å²) in [4.78, 5) is 0. The van der Waals surface area contributed by atoms with Gasteiger partial charge in [-0.1, -0.05) is 39.0 Å². The van der Waals surface area contributed by atoms with E-state index in [2.05, 4.69) is 10.2 Å². The third-order valence-corrected chi connectivity index (χ3v) is 4.73. The van der Waals surface area contributed by atoms with E-state index >= 15 is 0 Å². The molecule has 1 aliphatic rings. The predicted octanol–water partition coefficient (Wildman–Crippen LogP) is 2.16. The molecular weight excluding hydrogens is 276 g/mol. The van der Waals surface area contributed by atoms with E-state index in [4.69, 9.17) is 5.14 Å². The highest BCUT2D eigenvalue weighted by Gasteiger charge is 2.25. The first-order valence-corrected chi connectivity index (χ1v) is 9.04. The smallest absolute Gasteiger partial charge is 0.273 e. The van der Waals surface area contributed by atoms with Gasteiger partial charge in [0, 0.05) is 12.5 Å². The molecule has 1 aromatic rings. The van der Waals surface area contributed by atoms with Crippen molar-refractivity contribution in [2.24, 2.45) is 5.14 Å². The standard InChI is InChI=1S/C13H24N4O2S/c1-2-10-17-12(15-16-13(17)20(14,18)19)11-8-6-4-3-5-7-9-11/h11H,2-10H2,1H3,(H2,14,18,19). The molecule has 20 heavy (non-hydrogen) atoms. The second-order valence-electron chi connectivity index (χ2n) is 5.58. The summed E-state index contributed by atoms with van der Waals surface area (Å²) in [6.45, 7) is 2.61. The lowest BCUT2D eigenvalue weighted by Gasteiger charge is -2.20. The lowest BCUT2D eigenvalue weighted by molar-refractivity contribution is 0.423. The van der Waals surface area contributed by atoms with Gasteiger partial charge < -0.3 is 4.57 Å². The number of aromatic nitrogens is 3. The molecule has 7 heteroatoms. The number of rotatable bonds is 4. The molecular formula is C13H24N4O2S. The Balaban J connectivity index is 2.32. The highest BCUT2D eigenvalue weighted by molar-refractivity contribution is 7.89. The zero-order chi connectivity index (χ0) is 14.6. The molecule has 1 fully saturated rings.